The van der Waals surface area contributed by atoms with Crippen molar-refractivity contribution in [2.75, 3.05) is 0 Å². The van der Waals surface area contributed by atoms with Crippen molar-refractivity contribution in [2.45, 2.75) is 19.8 Å². The molecule has 2 heterocycles. The lowest BCUT2D eigenvalue weighted by atomic mass is 10.1. The number of nitrogens with zero attached hydrogens (tertiary/aromatic N) is 2. The minimum atomic E-state index is 0.112. The van der Waals surface area contributed by atoms with Gasteiger partial charge in [-0.1, -0.05) is 37.0 Å². The van der Waals surface area contributed by atoms with Crippen molar-refractivity contribution in [1.82, 2.24) is 15.0 Å². The first-order valence-corrected chi connectivity index (χ1v) is 5.54. The fourth-order valence-electron chi connectivity index (χ4n) is 1.41. The zero-order valence-electron chi connectivity index (χ0n) is 8.11. The third-order valence-corrected chi connectivity index (χ3v) is 2.96. The Labute approximate surface area is 102 Å². The van der Waals surface area contributed by atoms with E-state index in [1.807, 2.05) is 13.8 Å². The number of aromatic nitrogens is 3. The van der Waals surface area contributed by atoms with Crippen molar-refractivity contribution in [1.29, 1.82) is 0 Å². The van der Waals surface area contributed by atoms with E-state index in [4.69, 9.17) is 34.8 Å². The minimum absolute atomic E-state index is 0.112. The second-order valence-electron chi connectivity index (χ2n) is 3.51. The second-order valence-corrected chi connectivity index (χ2v) is 4.59. The molecule has 0 aromatic carbocycles. The van der Waals surface area contributed by atoms with E-state index in [1.54, 1.807) is 0 Å². The predicted molar refractivity (Wildman–Crippen MR) is 63.0 cm³/mol. The van der Waals surface area contributed by atoms with Gasteiger partial charge in [0, 0.05) is 5.69 Å². The van der Waals surface area contributed by atoms with Crippen molar-refractivity contribution in [3.8, 4) is 0 Å². The van der Waals surface area contributed by atoms with Crippen molar-refractivity contribution >= 4 is 45.8 Å². The zero-order chi connectivity index (χ0) is 11.2. The maximum atomic E-state index is 6.17. The molecule has 0 amide bonds. The van der Waals surface area contributed by atoms with Crippen LogP contribution in [0.4, 0.5) is 0 Å². The molecule has 0 unspecified atom stereocenters. The van der Waals surface area contributed by atoms with Crippen LogP contribution >= 0.6 is 34.8 Å². The molecule has 0 saturated carbocycles. The molecule has 0 radical (unpaired) electrons. The molecule has 0 aliphatic carbocycles. The van der Waals surface area contributed by atoms with Crippen LogP contribution in [0.2, 0.25) is 15.5 Å². The third kappa shape index (κ3) is 1.80. The molecule has 2 aromatic rings. The standard InChI is InChI=1S/C9H8Cl3N3/c1-3(2)6-5(10)4-7(11)14-9(12)15-8(4)13-6/h3H,1-2H3,(H,13,14,15). The molecule has 2 aromatic heterocycles. The van der Waals surface area contributed by atoms with Crippen molar-refractivity contribution in [3.05, 3.63) is 21.2 Å². The highest BCUT2D eigenvalue weighted by molar-refractivity contribution is 6.42. The number of hydrogen-bond acceptors (Lipinski definition) is 2. The predicted octanol–water partition coefficient (Wildman–Crippen LogP) is 4.04. The lowest BCUT2D eigenvalue weighted by Gasteiger charge is -2.00. The van der Waals surface area contributed by atoms with Crippen LogP contribution < -0.4 is 0 Å². The van der Waals surface area contributed by atoms with E-state index in [0.29, 0.717) is 16.1 Å². The zero-order valence-corrected chi connectivity index (χ0v) is 10.4. The molecule has 2 rings (SSSR count). The molecule has 0 atom stereocenters. The number of H-pyrrole nitrogens is 1. The van der Waals surface area contributed by atoms with Gasteiger partial charge in [0.05, 0.1) is 10.4 Å². The summed E-state index contributed by atoms with van der Waals surface area (Å²) in [4.78, 5) is 11.0. The summed E-state index contributed by atoms with van der Waals surface area (Å²) >= 11 is 17.8. The van der Waals surface area contributed by atoms with Crippen LogP contribution in [0.5, 0.6) is 0 Å². The Morgan fingerprint density at radius 2 is 1.80 bits per heavy atom. The Kier molecular flexibility index (Phi) is 2.79. The Bertz CT molecular complexity index is 519. The third-order valence-electron chi connectivity index (χ3n) is 2.12. The molecule has 1 N–H and O–H groups in total. The molecule has 15 heavy (non-hydrogen) atoms. The number of hydrogen-bond donors (Lipinski definition) is 1. The van der Waals surface area contributed by atoms with E-state index in [2.05, 4.69) is 15.0 Å². The van der Waals surface area contributed by atoms with Gasteiger partial charge in [-0.3, -0.25) is 0 Å². The fourth-order valence-corrected chi connectivity index (χ4v) is 2.38. The summed E-state index contributed by atoms with van der Waals surface area (Å²) in [6.45, 7) is 4.05. The van der Waals surface area contributed by atoms with Gasteiger partial charge >= 0.3 is 0 Å². The molecule has 0 bridgehead atoms. The van der Waals surface area contributed by atoms with Gasteiger partial charge in [0.25, 0.3) is 0 Å². The van der Waals surface area contributed by atoms with Gasteiger partial charge in [-0.15, -0.1) is 0 Å². The average Bonchev–Trinajstić information content (AvgIpc) is 2.42. The first kappa shape index (κ1) is 11.0. The van der Waals surface area contributed by atoms with E-state index >= 15 is 0 Å². The monoisotopic (exact) mass is 263 g/mol. The summed E-state index contributed by atoms with van der Waals surface area (Å²) in [5, 5.41) is 1.59. The van der Waals surface area contributed by atoms with E-state index in [0.717, 1.165) is 5.69 Å². The molecular weight excluding hydrogens is 256 g/mol. The number of halogens is 3. The summed E-state index contributed by atoms with van der Waals surface area (Å²) in [7, 11) is 0. The Balaban J connectivity index is 2.82. The normalized spacial score (nSPS) is 11.6. The van der Waals surface area contributed by atoms with Gasteiger partial charge < -0.3 is 4.98 Å². The summed E-state index contributed by atoms with van der Waals surface area (Å²) in [5.74, 6) is 0.265. The van der Waals surface area contributed by atoms with E-state index in [1.165, 1.54) is 0 Å². The number of fused-ring (bicyclic) bond motifs is 1. The summed E-state index contributed by atoms with van der Waals surface area (Å²) in [6, 6.07) is 0. The van der Waals surface area contributed by atoms with Gasteiger partial charge in [-0.05, 0) is 17.5 Å². The first-order chi connectivity index (χ1) is 7.00. The van der Waals surface area contributed by atoms with Crippen molar-refractivity contribution in [2.24, 2.45) is 0 Å². The molecule has 0 saturated heterocycles. The van der Waals surface area contributed by atoms with Gasteiger partial charge in [0.1, 0.15) is 10.8 Å². The van der Waals surface area contributed by atoms with Gasteiger partial charge in [0.15, 0.2) is 0 Å². The number of aromatic amines is 1. The Morgan fingerprint density at radius 1 is 1.13 bits per heavy atom. The molecule has 0 fully saturated rings. The van der Waals surface area contributed by atoms with Crippen LogP contribution in [0.3, 0.4) is 0 Å². The van der Waals surface area contributed by atoms with Crippen LogP contribution in [0.15, 0.2) is 0 Å². The number of rotatable bonds is 1. The van der Waals surface area contributed by atoms with Gasteiger partial charge in [0.2, 0.25) is 5.28 Å². The molecular formula is C9H8Cl3N3. The van der Waals surface area contributed by atoms with Crippen molar-refractivity contribution < 1.29 is 0 Å². The highest BCUT2D eigenvalue weighted by atomic mass is 35.5. The van der Waals surface area contributed by atoms with E-state index in [-0.39, 0.29) is 16.4 Å². The molecule has 6 heteroatoms. The highest BCUT2D eigenvalue weighted by Crippen LogP contribution is 2.34. The Morgan fingerprint density at radius 3 is 2.40 bits per heavy atom. The van der Waals surface area contributed by atoms with Gasteiger partial charge in [-0.2, -0.15) is 4.98 Å². The van der Waals surface area contributed by atoms with Gasteiger partial charge in [-0.25, -0.2) is 4.98 Å². The smallest absolute Gasteiger partial charge is 0.225 e. The van der Waals surface area contributed by atoms with Crippen LogP contribution in [-0.4, -0.2) is 15.0 Å². The van der Waals surface area contributed by atoms with Crippen molar-refractivity contribution in [3.63, 3.8) is 0 Å². The minimum Gasteiger partial charge on any atom is -0.341 e. The SMILES string of the molecule is CC(C)c1[nH]c2nc(Cl)nc(Cl)c2c1Cl. The molecule has 0 aliphatic heterocycles. The van der Waals surface area contributed by atoms with E-state index in [9.17, 15) is 0 Å². The Hall–Kier alpha value is -0.510. The first-order valence-electron chi connectivity index (χ1n) is 4.40. The summed E-state index contributed by atoms with van der Waals surface area (Å²) < 4.78 is 0. The lowest BCUT2D eigenvalue weighted by molar-refractivity contribution is 0.835. The fraction of sp³-hybridized carbons (Fsp3) is 0.333. The largest absolute Gasteiger partial charge is 0.341 e. The van der Waals surface area contributed by atoms with Crippen LogP contribution in [0.1, 0.15) is 25.5 Å². The highest BCUT2D eigenvalue weighted by Gasteiger charge is 2.17. The van der Waals surface area contributed by atoms with Crippen LogP contribution in [0, 0.1) is 0 Å². The van der Waals surface area contributed by atoms with Crippen LogP contribution in [-0.2, 0) is 0 Å². The quantitative estimate of drug-likeness (QED) is 0.624. The van der Waals surface area contributed by atoms with Crippen LogP contribution in [0.25, 0.3) is 11.0 Å². The molecule has 80 valence electrons. The molecule has 0 spiro atoms. The topological polar surface area (TPSA) is 41.6 Å². The lowest BCUT2D eigenvalue weighted by Crippen LogP contribution is -1.87. The van der Waals surface area contributed by atoms with E-state index < -0.39 is 0 Å². The number of nitrogens with one attached hydrogen (secondary N) is 1. The molecule has 0 aliphatic rings. The molecule has 3 nitrogen and oxygen atoms in total. The maximum absolute atomic E-state index is 6.17. The summed E-state index contributed by atoms with van der Waals surface area (Å²) in [5.41, 5.74) is 1.47. The second kappa shape index (κ2) is 3.81. The maximum Gasteiger partial charge on any atom is 0.225 e. The summed E-state index contributed by atoms with van der Waals surface area (Å²) in [6.07, 6.45) is 0. The average molecular weight is 265 g/mol.